The first-order valence-electron chi connectivity index (χ1n) is 5.82. The number of hydrogen-bond acceptors (Lipinski definition) is 4. The molecular formula is C14H8N2O4. The van der Waals surface area contributed by atoms with Crippen LogP contribution in [0.1, 0.15) is 10.4 Å². The second-order valence-electron chi connectivity index (χ2n) is 4.26. The summed E-state index contributed by atoms with van der Waals surface area (Å²) in [5.74, 6) is -1.31. The van der Waals surface area contributed by atoms with E-state index in [1.807, 2.05) is 0 Å². The Balaban J connectivity index is 2.16. The minimum Gasteiger partial charge on any atom is -0.283 e. The number of nitrogens with zero attached hydrogens (tertiary/aromatic N) is 2. The number of carbonyl (C=O) groups excluding carboxylic acids is 2. The van der Waals surface area contributed by atoms with Gasteiger partial charge in [0.15, 0.2) is 0 Å². The van der Waals surface area contributed by atoms with Crippen LogP contribution in [0, 0.1) is 10.1 Å². The first kappa shape index (κ1) is 12.0. The molecule has 2 aromatic rings. The monoisotopic (exact) mass is 268 g/mol. The number of para-hydroxylation sites is 1. The largest absolute Gasteiger partial charge is 0.304 e. The Labute approximate surface area is 113 Å². The van der Waals surface area contributed by atoms with Gasteiger partial charge in [0, 0.05) is 12.1 Å². The quantitative estimate of drug-likeness (QED) is 0.476. The summed E-state index contributed by atoms with van der Waals surface area (Å²) >= 11 is 0. The van der Waals surface area contributed by atoms with Gasteiger partial charge in [0.05, 0.1) is 21.9 Å². The van der Waals surface area contributed by atoms with E-state index in [1.54, 1.807) is 30.3 Å². The van der Waals surface area contributed by atoms with Crippen LogP contribution in [0.3, 0.4) is 0 Å². The number of anilines is 2. The zero-order chi connectivity index (χ0) is 14.3. The molecule has 1 aliphatic rings. The number of nitro benzene ring substituents is 1. The van der Waals surface area contributed by atoms with Crippen molar-refractivity contribution in [1.82, 2.24) is 0 Å². The van der Waals surface area contributed by atoms with E-state index in [2.05, 4.69) is 0 Å². The molecule has 1 aliphatic heterocycles. The number of carbonyl (C=O) groups is 2. The summed E-state index contributed by atoms with van der Waals surface area (Å²) < 4.78 is 0. The molecule has 0 saturated heterocycles. The highest BCUT2D eigenvalue weighted by molar-refractivity contribution is 6.53. The summed E-state index contributed by atoms with van der Waals surface area (Å²) in [6.45, 7) is 0. The molecule has 6 heteroatoms. The van der Waals surface area contributed by atoms with E-state index < -0.39 is 16.6 Å². The molecule has 0 unspecified atom stereocenters. The van der Waals surface area contributed by atoms with Gasteiger partial charge in [-0.15, -0.1) is 0 Å². The standard InChI is InChI=1S/C14H8N2O4/c17-13-11-6-1-2-7-12(11)15(14(13)18)9-4-3-5-10(8-9)16(19)20/h1-8H. The fraction of sp³-hybridized carbons (Fsp3) is 0. The van der Waals surface area contributed by atoms with Crippen molar-refractivity contribution in [2.75, 3.05) is 4.90 Å². The number of fused-ring (bicyclic) bond motifs is 1. The lowest BCUT2D eigenvalue weighted by Crippen LogP contribution is -2.24. The molecule has 0 aliphatic carbocycles. The second-order valence-corrected chi connectivity index (χ2v) is 4.26. The van der Waals surface area contributed by atoms with Gasteiger partial charge in [0.2, 0.25) is 0 Å². The third-order valence-corrected chi connectivity index (χ3v) is 3.09. The molecule has 98 valence electrons. The third kappa shape index (κ3) is 1.66. The number of non-ortho nitro benzene ring substituents is 1. The molecule has 1 heterocycles. The van der Waals surface area contributed by atoms with Gasteiger partial charge in [0.25, 0.3) is 11.5 Å². The number of hydrogen-bond donors (Lipinski definition) is 0. The van der Waals surface area contributed by atoms with Gasteiger partial charge in [-0.05, 0) is 18.2 Å². The van der Waals surface area contributed by atoms with Crippen molar-refractivity contribution in [3.8, 4) is 0 Å². The second kappa shape index (κ2) is 4.27. The molecule has 20 heavy (non-hydrogen) atoms. The molecule has 1 amide bonds. The molecule has 0 saturated carbocycles. The highest BCUT2D eigenvalue weighted by atomic mass is 16.6. The first-order chi connectivity index (χ1) is 9.59. The van der Waals surface area contributed by atoms with E-state index in [0.29, 0.717) is 16.9 Å². The molecule has 2 aromatic carbocycles. The molecule has 0 fully saturated rings. The van der Waals surface area contributed by atoms with E-state index in [-0.39, 0.29) is 5.69 Å². The lowest BCUT2D eigenvalue weighted by Gasteiger charge is -2.16. The molecule has 0 atom stereocenters. The predicted octanol–water partition coefficient (Wildman–Crippen LogP) is 2.46. The Kier molecular flexibility index (Phi) is 2.57. The summed E-state index contributed by atoms with van der Waals surface area (Å²) in [7, 11) is 0. The van der Waals surface area contributed by atoms with Crippen LogP contribution in [0.5, 0.6) is 0 Å². The van der Waals surface area contributed by atoms with Crippen LogP contribution in [0.2, 0.25) is 0 Å². The van der Waals surface area contributed by atoms with Crippen molar-refractivity contribution < 1.29 is 14.5 Å². The van der Waals surface area contributed by atoms with Gasteiger partial charge in [-0.3, -0.25) is 24.6 Å². The topological polar surface area (TPSA) is 80.5 Å². The van der Waals surface area contributed by atoms with Gasteiger partial charge in [0.1, 0.15) is 0 Å². The Morgan fingerprint density at radius 1 is 1.00 bits per heavy atom. The number of rotatable bonds is 2. The maximum absolute atomic E-state index is 12.1. The van der Waals surface area contributed by atoms with E-state index in [1.165, 1.54) is 23.1 Å². The SMILES string of the molecule is O=C1C(=O)N(c2cccc([N+](=O)[O-])c2)c2ccccc21. The number of nitro groups is 1. The van der Waals surface area contributed by atoms with Gasteiger partial charge >= 0.3 is 5.91 Å². The van der Waals surface area contributed by atoms with Crippen LogP contribution < -0.4 is 4.90 Å². The summed E-state index contributed by atoms with van der Waals surface area (Å²) in [6.07, 6.45) is 0. The lowest BCUT2D eigenvalue weighted by atomic mass is 10.1. The van der Waals surface area contributed by atoms with Crippen LogP contribution in [0.25, 0.3) is 0 Å². The summed E-state index contributed by atoms with van der Waals surface area (Å²) in [6, 6.07) is 12.2. The highest BCUT2D eigenvalue weighted by Crippen LogP contribution is 2.36. The lowest BCUT2D eigenvalue weighted by molar-refractivity contribution is -0.384. The van der Waals surface area contributed by atoms with Gasteiger partial charge in [-0.1, -0.05) is 18.2 Å². The van der Waals surface area contributed by atoms with Gasteiger partial charge in [-0.25, -0.2) is 0 Å². The smallest absolute Gasteiger partial charge is 0.283 e. The Morgan fingerprint density at radius 2 is 1.75 bits per heavy atom. The van der Waals surface area contributed by atoms with Gasteiger partial charge in [-0.2, -0.15) is 0 Å². The van der Waals surface area contributed by atoms with Crippen molar-refractivity contribution in [1.29, 1.82) is 0 Å². The normalized spacial score (nSPS) is 13.5. The fourth-order valence-corrected chi connectivity index (χ4v) is 2.19. The average Bonchev–Trinajstić information content (AvgIpc) is 2.72. The minimum absolute atomic E-state index is 0.132. The number of benzene rings is 2. The Hall–Kier alpha value is -3.02. The van der Waals surface area contributed by atoms with Crippen molar-refractivity contribution >= 4 is 28.8 Å². The maximum Gasteiger partial charge on any atom is 0.304 e. The summed E-state index contributed by atoms with van der Waals surface area (Å²) in [5, 5.41) is 10.8. The molecule has 0 bridgehead atoms. The van der Waals surface area contributed by atoms with Crippen molar-refractivity contribution in [3.63, 3.8) is 0 Å². The van der Waals surface area contributed by atoms with Crippen molar-refractivity contribution in [2.24, 2.45) is 0 Å². The van der Waals surface area contributed by atoms with Crippen LogP contribution in [-0.4, -0.2) is 16.6 Å². The van der Waals surface area contributed by atoms with Crippen LogP contribution in [0.4, 0.5) is 17.1 Å². The molecule has 3 rings (SSSR count). The van der Waals surface area contributed by atoms with E-state index in [0.717, 1.165) is 0 Å². The zero-order valence-corrected chi connectivity index (χ0v) is 10.1. The Bertz CT molecular complexity index is 754. The van der Waals surface area contributed by atoms with Gasteiger partial charge < -0.3 is 0 Å². The van der Waals surface area contributed by atoms with E-state index >= 15 is 0 Å². The Morgan fingerprint density at radius 3 is 2.50 bits per heavy atom. The molecule has 6 nitrogen and oxygen atoms in total. The zero-order valence-electron chi connectivity index (χ0n) is 10.1. The number of ketones is 1. The molecule has 0 N–H and O–H groups in total. The number of amides is 1. The van der Waals surface area contributed by atoms with Crippen LogP contribution >= 0.6 is 0 Å². The first-order valence-corrected chi connectivity index (χ1v) is 5.82. The molecular weight excluding hydrogens is 260 g/mol. The highest BCUT2D eigenvalue weighted by Gasteiger charge is 2.36. The summed E-state index contributed by atoms with van der Waals surface area (Å²) in [4.78, 5) is 35.4. The van der Waals surface area contributed by atoms with Crippen LogP contribution in [-0.2, 0) is 4.79 Å². The molecule has 0 aromatic heterocycles. The average molecular weight is 268 g/mol. The van der Waals surface area contributed by atoms with Crippen LogP contribution in [0.15, 0.2) is 48.5 Å². The third-order valence-electron chi connectivity index (χ3n) is 3.09. The van der Waals surface area contributed by atoms with E-state index in [9.17, 15) is 19.7 Å². The summed E-state index contributed by atoms with van der Waals surface area (Å²) in [5.41, 5.74) is 0.932. The predicted molar refractivity (Wildman–Crippen MR) is 71.0 cm³/mol. The number of Topliss-reactive ketones (excluding diaryl/α,β-unsaturated/α-hetero) is 1. The molecule has 0 radical (unpaired) electrons. The maximum atomic E-state index is 12.1. The van der Waals surface area contributed by atoms with Crippen molar-refractivity contribution in [2.45, 2.75) is 0 Å². The van der Waals surface area contributed by atoms with E-state index in [4.69, 9.17) is 0 Å². The molecule has 0 spiro atoms. The fourth-order valence-electron chi connectivity index (χ4n) is 2.19. The minimum atomic E-state index is -0.702. The van der Waals surface area contributed by atoms with Crippen molar-refractivity contribution in [3.05, 3.63) is 64.2 Å².